The Morgan fingerprint density at radius 3 is 3.05 bits per heavy atom. The van der Waals surface area contributed by atoms with Crippen molar-refractivity contribution < 1.29 is 9.90 Å². The molecule has 1 fully saturated rings. The molecule has 0 bridgehead atoms. The third kappa shape index (κ3) is 2.72. The minimum absolute atomic E-state index is 0.303. The lowest BCUT2D eigenvalue weighted by Gasteiger charge is -2.12. The first-order valence-corrected chi connectivity index (χ1v) is 7.77. The first-order chi connectivity index (χ1) is 9.74. The van der Waals surface area contributed by atoms with E-state index in [-0.39, 0.29) is 0 Å². The van der Waals surface area contributed by atoms with E-state index in [1.165, 1.54) is 18.6 Å². The Labute approximate surface area is 121 Å². The van der Waals surface area contributed by atoms with Crippen LogP contribution in [0.4, 0.5) is 5.82 Å². The molecule has 5 heteroatoms. The first kappa shape index (κ1) is 13.2. The molecule has 0 saturated carbocycles. The number of pyridine rings is 1. The second kappa shape index (κ2) is 5.71. The van der Waals surface area contributed by atoms with E-state index in [9.17, 15) is 9.90 Å². The normalized spacial score (nSPS) is 18.3. The molecule has 3 rings (SSSR count). The van der Waals surface area contributed by atoms with E-state index in [4.69, 9.17) is 0 Å². The van der Waals surface area contributed by atoms with Crippen LogP contribution in [0.3, 0.4) is 0 Å². The highest BCUT2D eigenvalue weighted by Gasteiger charge is 2.16. The number of carboxylic acids is 1. The average molecular weight is 288 g/mol. The zero-order valence-corrected chi connectivity index (χ0v) is 11.8. The number of para-hydroxylation sites is 1. The van der Waals surface area contributed by atoms with Crippen molar-refractivity contribution >= 4 is 34.5 Å². The van der Waals surface area contributed by atoms with Crippen LogP contribution >= 0.6 is 11.8 Å². The molecule has 1 atom stereocenters. The first-order valence-electron chi connectivity index (χ1n) is 6.72. The second-order valence-electron chi connectivity index (χ2n) is 4.89. The van der Waals surface area contributed by atoms with Crippen LogP contribution in [0.25, 0.3) is 10.9 Å². The molecule has 1 aliphatic heterocycles. The number of benzene rings is 1. The minimum atomic E-state index is -0.915. The van der Waals surface area contributed by atoms with Crippen molar-refractivity contribution in [3.05, 3.63) is 35.9 Å². The van der Waals surface area contributed by atoms with Gasteiger partial charge in [0.25, 0.3) is 0 Å². The summed E-state index contributed by atoms with van der Waals surface area (Å²) in [4.78, 5) is 15.9. The smallest absolute Gasteiger partial charge is 0.336 e. The van der Waals surface area contributed by atoms with Gasteiger partial charge >= 0.3 is 5.97 Å². The number of anilines is 1. The SMILES string of the molecule is O=C(O)c1cc(NCC2CCCS2)nc2ccccc12. The lowest BCUT2D eigenvalue weighted by atomic mass is 10.1. The molecule has 20 heavy (non-hydrogen) atoms. The molecule has 1 aromatic heterocycles. The highest BCUT2D eigenvalue weighted by atomic mass is 32.2. The zero-order chi connectivity index (χ0) is 13.9. The highest BCUT2D eigenvalue weighted by Crippen LogP contribution is 2.27. The fourth-order valence-electron chi connectivity index (χ4n) is 2.47. The lowest BCUT2D eigenvalue weighted by molar-refractivity contribution is 0.0699. The molecule has 0 aliphatic carbocycles. The summed E-state index contributed by atoms with van der Waals surface area (Å²) in [5, 5.41) is 13.9. The van der Waals surface area contributed by atoms with Crippen LogP contribution in [0.5, 0.6) is 0 Å². The molecule has 1 saturated heterocycles. The Kier molecular flexibility index (Phi) is 3.78. The molecule has 0 amide bonds. The van der Waals surface area contributed by atoms with Crippen molar-refractivity contribution in [2.24, 2.45) is 0 Å². The Morgan fingerprint density at radius 1 is 1.45 bits per heavy atom. The third-order valence-corrected chi connectivity index (χ3v) is 4.88. The van der Waals surface area contributed by atoms with Crippen LogP contribution < -0.4 is 5.32 Å². The molecular weight excluding hydrogens is 272 g/mol. The maximum Gasteiger partial charge on any atom is 0.336 e. The Hall–Kier alpha value is -1.75. The quantitative estimate of drug-likeness (QED) is 0.904. The zero-order valence-electron chi connectivity index (χ0n) is 11.0. The van der Waals surface area contributed by atoms with Crippen molar-refractivity contribution in [2.75, 3.05) is 17.6 Å². The molecule has 4 nitrogen and oxygen atoms in total. The summed E-state index contributed by atoms with van der Waals surface area (Å²) in [5.41, 5.74) is 1.02. The van der Waals surface area contributed by atoms with Crippen LogP contribution in [0.2, 0.25) is 0 Å². The average Bonchev–Trinajstić information content (AvgIpc) is 2.97. The number of hydrogen-bond acceptors (Lipinski definition) is 4. The topological polar surface area (TPSA) is 62.2 Å². The summed E-state index contributed by atoms with van der Waals surface area (Å²) in [6.45, 7) is 0.842. The third-order valence-electron chi connectivity index (χ3n) is 3.48. The number of hydrogen-bond donors (Lipinski definition) is 2. The summed E-state index contributed by atoms with van der Waals surface area (Å²) in [6, 6.07) is 8.97. The van der Waals surface area contributed by atoms with Gasteiger partial charge in [0.1, 0.15) is 5.82 Å². The van der Waals surface area contributed by atoms with Crippen LogP contribution in [0.1, 0.15) is 23.2 Å². The summed E-state index contributed by atoms with van der Waals surface area (Å²) in [7, 11) is 0. The van der Waals surface area contributed by atoms with Crippen molar-refractivity contribution in [3.8, 4) is 0 Å². The van der Waals surface area contributed by atoms with E-state index >= 15 is 0 Å². The Balaban J connectivity index is 1.88. The van der Waals surface area contributed by atoms with Crippen LogP contribution in [-0.4, -0.2) is 33.6 Å². The number of nitrogens with zero attached hydrogens (tertiary/aromatic N) is 1. The number of nitrogens with one attached hydrogen (secondary N) is 1. The monoisotopic (exact) mass is 288 g/mol. The summed E-state index contributed by atoms with van der Waals surface area (Å²) >= 11 is 1.97. The number of rotatable bonds is 4. The van der Waals surface area contributed by atoms with E-state index < -0.39 is 5.97 Å². The molecule has 104 valence electrons. The van der Waals surface area contributed by atoms with Gasteiger partial charge in [-0.1, -0.05) is 18.2 Å². The molecule has 1 aliphatic rings. The van der Waals surface area contributed by atoms with Gasteiger partial charge in [-0.3, -0.25) is 0 Å². The van der Waals surface area contributed by atoms with Crippen molar-refractivity contribution in [2.45, 2.75) is 18.1 Å². The standard InChI is InChI=1S/C15H16N2O2S/c18-15(19)12-8-14(16-9-10-4-3-7-20-10)17-13-6-2-1-5-11(12)13/h1-2,5-6,8,10H,3-4,7,9H2,(H,16,17)(H,18,19). The largest absolute Gasteiger partial charge is 0.478 e. The number of thioether (sulfide) groups is 1. The molecule has 1 unspecified atom stereocenters. The molecule has 2 aromatic rings. The van der Waals surface area contributed by atoms with Gasteiger partial charge in [-0.15, -0.1) is 0 Å². The van der Waals surface area contributed by atoms with Gasteiger partial charge in [0.15, 0.2) is 0 Å². The molecule has 0 radical (unpaired) electrons. The van der Waals surface area contributed by atoms with Crippen molar-refractivity contribution in [3.63, 3.8) is 0 Å². The van der Waals surface area contributed by atoms with Gasteiger partial charge < -0.3 is 10.4 Å². The predicted octanol–water partition coefficient (Wildman–Crippen LogP) is 3.24. The van der Waals surface area contributed by atoms with Crippen molar-refractivity contribution in [1.29, 1.82) is 0 Å². The maximum atomic E-state index is 11.4. The molecule has 1 aromatic carbocycles. The molecule has 0 spiro atoms. The van der Waals surface area contributed by atoms with Gasteiger partial charge in [0.05, 0.1) is 11.1 Å². The number of carbonyl (C=O) groups is 1. The van der Waals surface area contributed by atoms with E-state index in [1.54, 1.807) is 12.1 Å². The number of aromatic carboxylic acids is 1. The molecule has 2 N–H and O–H groups in total. The molecule has 2 heterocycles. The van der Waals surface area contributed by atoms with E-state index in [0.717, 1.165) is 6.54 Å². The van der Waals surface area contributed by atoms with Crippen molar-refractivity contribution in [1.82, 2.24) is 4.98 Å². The number of carboxylic acid groups (broad SMARTS) is 1. The minimum Gasteiger partial charge on any atom is -0.478 e. The van der Waals surface area contributed by atoms with Gasteiger partial charge in [-0.2, -0.15) is 11.8 Å². The van der Waals surface area contributed by atoms with Gasteiger partial charge in [0, 0.05) is 17.2 Å². The fraction of sp³-hybridized carbons (Fsp3) is 0.333. The van der Waals surface area contributed by atoms with Crippen LogP contribution in [0, 0.1) is 0 Å². The second-order valence-corrected chi connectivity index (χ2v) is 6.30. The van der Waals surface area contributed by atoms with E-state index in [1.807, 2.05) is 30.0 Å². The number of aromatic nitrogens is 1. The van der Waals surface area contributed by atoms with Gasteiger partial charge in [0.2, 0.25) is 0 Å². The van der Waals surface area contributed by atoms with Crippen LogP contribution in [-0.2, 0) is 0 Å². The van der Waals surface area contributed by atoms with E-state index in [2.05, 4.69) is 10.3 Å². The summed E-state index contributed by atoms with van der Waals surface area (Å²) in [5.74, 6) is 0.952. The molecular formula is C15H16N2O2S. The fourth-order valence-corrected chi connectivity index (χ4v) is 3.67. The van der Waals surface area contributed by atoms with Gasteiger partial charge in [-0.05, 0) is 30.7 Å². The van der Waals surface area contributed by atoms with Gasteiger partial charge in [-0.25, -0.2) is 9.78 Å². The highest BCUT2D eigenvalue weighted by molar-refractivity contribution is 8.00. The summed E-state index contributed by atoms with van der Waals surface area (Å²) in [6.07, 6.45) is 2.49. The Bertz CT molecular complexity index is 639. The van der Waals surface area contributed by atoms with E-state index in [0.29, 0.717) is 27.5 Å². The summed E-state index contributed by atoms with van der Waals surface area (Å²) < 4.78 is 0. The maximum absolute atomic E-state index is 11.4. The Morgan fingerprint density at radius 2 is 2.30 bits per heavy atom. The lowest BCUT2D eigenvalue weighted by Crippen LogP contribution is -2.15. The number of fused-ring (bicyclic) bond motifs is 1. The van der Waals surface area contributed by atoms with Crippen LogP contribution in [0.15, 0.2) is 30.3 Å². The predicted molar refractivity (Wildman–Crippen MR) is 82.7 cm³/mol.